The Morgan fingerprint density at radius 2 is 1.76 bits per heavy atom. The van der Waals surface area contributed by atoms with Crippen LogP contribution in [0.25, 0.3) is 10.9 Å². The van der Waals surface area contributed by atoms with Crippen molar-refractivity contribution in [1.82, 2.24) is 4.98 Å². The van der Waals surface area contributed by atoms with Crippen LogP contribution in [0.5, 0.6) is 0 Å². The number of pyridine rings is 1. The molecule has 1 atom stereocenters. The highest BCUT2D eigenvalue weighted by Crippen LogP contribution is 2.15. The first-order valence-corrected chi connectivity index (χ1v) is 7.67. The normalized spacial score (nSPS) is 11.8. The van der Waals surface area contributed by atoms with Crippen LogP contribution >= 0.6 is 0 Å². The summed E-state index contributed by atoms with van der Waals surface area (Å²) in [5, 5.41) is 3.28. The number of anilines is 1. The summed E-state index contributed by atoms with van der Waals surface area (Å²) < 4.78 is 18.7. The number of hydrogen-bond acceptors (Lipinski definition) is 4. The molecule has 0 saturated carbocycles. The predicted molar refractivity (Wildman–Crippen MR) is 91.7 cm³/mol. The van der Waals surface area contributed by atoms with E-state index in [4.69, 9.17) is 4.74 Å². The van der Waals surface area contributed by atoms with Crippen molar-refractivity contribution in [3.8, 4) is 0 Å². The molecule has 0 bridgehead atoms. The lowest BCUT2D eigenvalue weighted by Crippen LogP contribution is -2.30. The monoisotopic (exact) mass is 338 g/mol. The number of carbonyl (C=O) groups is 2. The lowest BCUT2D eigenvalue weighted by atomic mass is 10.2. The highest BCUT2D eigenvalue weighted by molar-refractivity contribution is 5.97. The Labute approximate surface area is 143 Å². The molecule has 5 nitrogen and oxygen atoms in total. The van der Waals surface area contributed by atoms with Crippen LogP contribution in [0, 0.1) is 5.82 Å². The third-order valence-electron chi connectivity index (χ3n) is 3.59. The molecule has 0 saturated heterocycles. The molecule has 6 heteroatoms. The summed E-state index contributed by atoms with van der Waals surface area (Å²) in [6, 6.07) is 16.4. The van der Waals surface area contributed by atoms with Crippen LogP contribution in [0.2, 0.25) is 0 Å². The van der Waals surface area contributed by atoms with Crippen molar-refractivity contribution in [3.05, 3.63) is 72.2 Å². The fourth-order valence-electron chi connectivity index (χ4n) is 2.25. The standard InChI is InChI=1S/C19H15FN2O3/c1-12(18(23)22-16-9-5-3-7-14(16)20)25-19(24)17-11-10-13-6-2-4-8-15(13)21-17/h2-12H,1H3,(H,22,23)/t12-/m0/s1. The third-order valence-corrected chi connectivity index (χ3v) is 3.59. The van der Waals surface area contributed by atoms with Crippen molar-refractivity contribution in [2.75, 3.05) is 5.32 Å². The molecule has 0 spiro atoms. The van der Waals surface area contributed by atoms with Gasteiger partial charge in [-0.05, 0) is 31.2 Å². The number of para-hydroxylation sites is 2. The zero-order valence-electron chi connectivity index (χ0n) is 13.4. The number of ether oxygens (including phenoxy) is 1. The smallest absolute Gasteiger partial charge is 0.357 e. The summed E-state index contributed by atoms with van der Waals surface area (Å²) in [4.78, 5) is 28.5. The van der Waals surface area contributed by atoms with Gasteiger partial charge in [-0.15, -0.1) is 0 Å². The maximum Gasteiger partial charge on any atom is 0.357 e. The van der Waals surface area contributed by atoms with Crippen molar-refractivity contribution in [2.24, 2.45) is 0 Å². The van der Waals surface area contributed by atoms with Gasteiger partial charge in [0.2, 0.25) is 0 Å². The van der Waals surface area contributed by atoms with Crippen molar-refractivity contribution < 1.29 is 18.7 Å². The van der Waals surface area contributed by atoms with Crippen LogP contribution in [-0.2, 0) is 9.53 Å². The Morgan fingerprint density at radius 3 is 2.56 bits per heavy atom. The summed E-state index contributed by atoms with van der Waals surface area (Å²) in [6.45, 7) is 1.41. The number of esters is 1. The summed E-state index contributed by atoms with van der Waals surface area (Å²) in [5.41, 5.74) is 0.781. The topological polar surface area (TPSA) is 68.3 Å². The Balaban J connectivity index is 1.68. The summed E-state index contributed by atoms with van der Waals surface area (Å²) >= 11 is 0. The molecule has 3 aromatic rings. The lowest BCUT2D eigenvalue weighted by molar-refractivity contribution is -0.123. The predicted octanol–water partition coefficient (Wildman–Crippen LogP) is 3.56. The molecular weight excluding hydrogens is 323 g/mol. The first-order chi connectivity index (χ1) is 12.0. The number of aromatic nitrogens is 1. The van der Waals surface area contributed by atoms with E-state index in [1.807, 2.05) is 18.2 Å². The number of carbonyl (C=O) groups excluding carboxylic acids is 2. The summed E-state index contributed by atoms with van der Waals surface area (Å²) in [5.74, 6) is -1.91. The molecule has 1 heterocycles. The number of halogens is 1. The van der Waals surface area contributed by atoms with E-state index in [2.05, 4.69) is 10.3 Å². The molecule has 0 unspecified atom stereocenters. The molecule has 126 valence electrons. The number of amides is 1. The van der Waals surface area contributed by atoms with E-state index in [1.165, 1.54) is 31.2 Å². The third kappa shape index (κ3) is 3.80. The van der Waals surface area contributed by atoms with Crippen LogP contribution in [0.4, 0.5) is 10.1 Å². The molecule has 0 radical (unpaired) electrons. The van der Waals surface area contributed by atoms with E-state index in [0.717, 1.165) is 5.39 Å². The molecule has 0 aliphatic rings. The van der Waals surface area contributed by atoms with Gasteiger partial charge in [-0.3, -0.25) is 4.79 Å². The van der Waals surface area contributed by atoms with Crippen LogP contribution in [0.15, 0.2) is 60.7 Å². The number of hydrogen-bond donors (Lipinski definition) is 1. The van der Waals surface area contributed by atoms with E-state index in [1.54, 1.807) is 18.2 Å². The first kappa shape index (κ1) is 16.6. The molecule has 1 aromatic heterocycles. The Bertz CT molecular complexity index is 943. The molecule has 0 aliphatic carbocycles. The molecule has 1 N–H and O–H groups in total. The summed E-state index contributed by atoms with van der Waals surface area (Å²) in [7, 11) is 0. The van der Waals surface area contributed by atoms with Gasteiger partial charge in [-0.2, -0.15) is 0 Å². The molecular formula is C19H15FN2O3. The number of nitrogens with one attached hydrogen (secondary N) is 1. The zero-order valence-corrected chi connectivity index (χ0v) is 13.4. The Kier molecular flexibility index (Phi) is 4.70. The fourth-order valence-corrected chi connectivity index (χ4v) is 2.25. The minimum atomic E-state index is -1.10. The van der Waals surface area contributed by atoms with Crippen molar-refractivity contribution >= 4 is 28.5 Å². The second-order valence-electron chi connectivity index (χ2n) is 5.41. The van der Waals surface area contributed by atoms with Crippen molar-refractivity contribution in [2.45, 2.75) is 13.0 Å². The number of rotatable bonds is 4. The second kappa shape index (κ2) is 7.09. The quantitative estimate of drug-likeness (QED) is 0.739. The highest BCUT2D eigenvalue weighted by atomic mass is 19.1. The van der Waals surface area contributed by atoms with E-state index >= 15 is 0 Å². The largest absolute Gasteiger partial charge is 0.448 e. The molecule has 2 aromatic carbocycles. The van der Waals surface area contributed by atoms with Crippen molar-refractivity contribution in [3.63, 3.8) is 0 Å². The Morgan fingerprint density at radius 1 is 1.04 bits per heavy atom. The van der Waals surface area contributed by atoms with Gasteiger partial charge in [0.1, 0.15) is 11.5 Å². The maximum atomic E-state index is 13.6. The average molecular weight is 338 g/mol. The molecule has 3 rings (SSSR count). The van der Waals surface area contributed by atoms with Gasteiger partial charge in [0.25, 0.3) is 5.91 Å². The average Bonchev–Trinajstić information content (AvgIpc) is 2.63. The lowest BCUT2D eigenvalue weighted by Gasteiger charge is -2.13. The number of nitrogens with zero attached hydrogens (tertiary/aromatic N) is 1. The minimum Gasteiger partial charge on any atom is -0.448 e. The first-order valence-electron chi connectivity index (χ1n) is 7.67. The summed E-state index contributed by atoms with van der Waals surface area (Å²) in [6.07, 6.45) is -1.10. The van der Waals surface area contributed by atoms with Gasteiger partial charge in [0, 0.05) is 5.39 Å². The molecule has 1 amide bonds. The highest BCUT2D eigenvalue weighted by Gasteiger charge is 2.20. The zero-order chi connectivity index (χ0) is 17.8. The van der Waals surface area contributed by atoms with Crippen molar-refractivity contribution in [1.29, 1.82) is 0 Å². The maximum absolute atomic E-state index is 13.6. The molecule has 0 aliphatic heterocycles. The number of fused-ring (bicyclic) bond motifs is 1. The van der Waals surface area contributed by atoms with Gasteiger partial charge >= 0.3 is 5.97 Å². The SMILES string of the molecule is C[C@H](OC(=O)c1ccc2ccccc2n1)C(=O)Nc1ccccc1F. The van der Waals surface area contributed by atoms with Gasteiger partial charge in [-0.1, -0.05) is 36.4 Å². The molecule has 0 fully saturated rings. The second-order valence-corrected chi connectivity index (χ2v) is 5.41. The van der Waals surface area contributed by atoms with Gasteiger partial charge < -0.3 is 10.1 Å². The van der Waals surface area contributed by atoms with E-state index in [9.17, 15) is 14.0 Å². The molecule has 25 heavy (non-hydrogen) atoms. The van der Waals surface area contributed by atoms with Gasteiger partial charge in [-0.25, -0.2) is 14.2 Å². The van der Waals surface area contributed by atoms with E-state index in [-0.39, 0.29) is 11.4 Å². The number of benzene rings is 2. The van der Waals surface area contributed by atoms with E-state index < -0.39 is 23.8 Å². The van der Waals surface area contributed by atoms with Crippen LogP contribution in [0.1, 0.15) is 17.4 Å². The van der Waals surface area contributed by atoms with E-state index in [0.29, 0.717) is 5.52 Å². The van der Waals surface area contributed by atoms with Crippen LogP contribution in [-0.4, -0.2) is 23.0 Å². The fraction of sp³-hybridized carbons (Fsp3) is 0.105. The van der Waals surface area contributed by atoms with Gasteiger partial charge in [0.05, 0.1) is 11.2 Å². The van der Waals surface area contributed by atoms with Gasteiger partial charge in [0.15, 0.2) is 6.10 Å². The van der Waals surface area contributed by atoms with Crippen LogP contribution in [0.3, 0.4) is 0 Å². The minimum absolute atomic E-state index is 0.0271. The Hall–Kier alpha value is -3.28. The van der Waals surface area contributed by atoms with Crippen LogP contribution < -0.4 is 5.32 Å².